The number of nitrogens with two attached hydrogens (primary N) is 1. The first-order chi connectivity index (χ1) is 9.04. The van der Waals surface area contributed by atoms with Gasteiger partial charge in [0.25, 0.3) is 0 Å². The molecule has 1 atom stereocenters. The zero-order chi connectivity index (χ0) is 14.3. The molecule has 0 saturated carbocycles. The lowest BCUT2D eigenvalue weighted by atomic mass is 10.1. The summed E-state index contributed by atoms with van der Waals surface area (Å²) in [5, 5.41) is 0. The molecule has 3 heteroatoms. The number of ether oxygens (including phenoxy) is 1. The van der Waals surface area contributed by atoms with Crippen LogP contribution in [0.4, 0.5) is 5.69 Å². The third-order valence-corrected chi connectivity index (χ3v) is 3.28. The van der Waals surface area contributed by atoms with Gasteiger partial charge in [0.2, 0.25) is 0 Å². The first-order valence-electron chi connectivity index (χ1n) is 7.11. The van der Waals surface area contributed by atoms with E-state index in [-0.39, 0.29) is 12.1 Å². The highest BCUT2D eigenvalue weighted by atomic mass is 16.5. The molecule has 0 aromatic heterocycles. The average molecular weight is 263 g/mol. The molecule has 0 spiro atoms. The molecule has 0 aliphatic rings. The molecule has 0 aliphatic heterocycles. The van der Waals surface area contributed by atoms with E-state index in [0.29, 0.717) is 11.3 Å². The van der Waals surface area contributed by atoms with Crippen molar-refractivity contribution in [3.63, 3.8) is 0 Å². The number of nitrogen functional groups attached to an aromatic ring is 1. The topological polar surface area (TPSA) is 52.3 Å². The van der Waals surface area contributed by atoms with Crippen LogP contribution in [0.5, 0.6) is 0 Å². The zero-order valence-corrected chi connectivity index (χ0v) is 12.2. The summed E-state index contributed by atoms with van der Waals surface area (Å²) >= 11 is 0. The summed E-state index contributed by atoms with van der Waals surface area (Å²) in [6.07, 6.45) is 5.70. The van der Waals surface area contributed by atoms with E-state index in [0.717, 1.165) is 18.4 Å². The first-order valence-corrected chi connectivity index (χ1v) is 7.11. The molecule has 0 saturated heterocycles. The van der Waals surface area contributed by atoms with Gasteiger partial charge in [0.15, 0.2) is 0 Å². The average Bonchev–Trinajstić information content (AvgIpc) is 2.38. The summed E-state index contributed by atoms with van der Waals surface area (Å²) in [6.45, 7) is 6.03. The van der Waals surface area contributed by atoms with Crippen LogP contribution >= 0.6 is 0 Å². The van der Waals surface area contributed by atoms with Gasteiger partial charge in [0.1, 0.15) is 0 Å². The van der Waals surface area contributed by atoms with E-state index in [1.807, 2.05) is 13.8 Å². The second-order valence-corrected chi connectivity index (χ2v) is 5.14. The van der Waals surface area contributed by atoms with Crippen LogP contribution in [0.15, 0.2) is 18.2 Å². The Balaban J connectivity index is 2.43. The number of unbranched alkanes of at least 4 members (excludes halogenated alkanes) is 3. The fourth-order valence-corrected chi connectivity index (χ4v) is 1.97. The van der Waals surface area contributed by atoms with Gasteiger partial charge in [-0.05, 0) is 50.5 Å². The maximum Gasteiger partial charge on any atom is 0.338 e. The number of benzene rings is 1. The summed E-state index contributed by atoms with van der Waals surface area (Å²) in [7, 11) is 0. The van der Waals surface area contributed by atoms with Gasteiger partial charge in [0.05, 0.1) is 11.7 Å². The number of anilines is 1. The van der Waals surface area contributed by atoms with Crippen LogP contribution in [0, 0.1) is 6.92 Å². The van der Waals surface area contributed by atoms with Crippen LogP contribution in [-0.4, -0.2) is 12.1 Å². The molecule has 19 heavy (non-hydrogen) atoms. The number of esters is 1. The lowest BCUT2D eigenvalue weighted by molar-refractivity contribution is 0.0319. The first kappa shape index (κ1) is 15.5. The van der Waals surface area contributed by atoms with Crippen LogP contribution in [0.2, 0.25) is 0 Å². The van der Waals surface area contributed by atoms with Crippen molar-refractivity contribution < 1.29 is 9.53 Å². The molecule has 0 heterocycles. The monoisotopic (exact) mass is 263 g/mol. The van der Waals surface area contributed by atoms with Crippen molar-refractivity contribution in [3.8, 4) is 0 Å². The van der Waals surface area contributed by atoms with Crippen molar-refractivity contribution in [1.29, 1.82) is 0 Å². The van der Waals surface area contributed by atoms with Gasteiger partial charge < -0.3 is 10.5 Å². The Labute approximate surface area is 116 Å². The summed E-state index contributed by atoms with van der Waals surface area (Å²) in [4.78, 5) is 11.9. The highest BCUT2D eigenvalue weighted by Crippen LogP contribution is 2.15. The third kappa shape index (κ3) is 5.33. The number of hydrogen-bond donors (Lipinski definition) is 1. The molecule has 1 aromatic carbocycles. The number of aryl methyl sites for hydroxylation is 1. The van der Waals surface area contributed by atoms with E-state index in [4.69, 9.17) is 10.5 Å². The van der Waals surface area contributed by atoms with E-state index in [2.05, 4.69) is 6.92 Å². The zero-order valence-electron chi connectivity index (χ0n) is 12.2. The number of hydrogen-bond acceptors (Lipinski definition) is 3. The SMILES string of the molecule is CCCCCCC(C)OC(=O)c1ccc(N)c(C)c1. The van der Waals surface area contributed by atoms with Gasteiger partial charge in [-0.1, -0.05) is 26.2 Å². The van der Waals surface area contributed by atoms with E-state index in [1.165, 1.54) is 19.3 Å². The molecule has 0 fully saturated rings. The van der Waals surface area contributed by atoms with Crippen molar-refractivity contribution in [2.24, 2.45) is 0 Å². The molecule has 1 aromatic rings. The normalized spacial score (nSPS) is 12.2. The predicted octanol–water partition coefficient (Wildman–Crippen LogP) is 4.09. The van der Waals surface area contributed by atoms with Gasteiger partial charge in [-0.3, -0.25) is 0 Å². The molecule has 0 aliphatic carbocycles. The summed E-state index contributed by atoms with van der Waals surface area (Å²) in [6, 6.07) is 5.24. The highest BCUT2D eigenvalue weighted by Gasteiger charge is 2.12. The molecule has 2 N–H and O–H groups in total. The Morgan fingerprint density at radius 1 is 1.32 bits per heavy atom. The Morgan fingerprint density at radius 3 is 2.68 bits per heavy atom. The van der Waals surface area contributed by atoms with E-state index >= 15 is 0 Å². The van der Waals surface area contributed by atoms with E-state index in [1.54, 1.807) is 18.2 Å². The number of carbonyl (C=O) groups is 1. The van der Waals surface area contributed by atoms with Gasteiger partial charge in [-0.25, -0.2) is 4.79 Å². The van der Waals surface area contributed by atoms with Crippen molar-refractivity contribution in [3.05, 3.63) is 29.3 Å². The molecule has 106 valence electrons. The molecule has 1 rings (SSSR count). The highest BCUT2D eigenvalue weighted by molar-refractivity contribution is 5.90. The number of carbonyl (C=O) groups excluding carboxylic acids is 1. The third-order valence-electron chi connectivity index (χ3n) is 3.28. The van der Waals surface area contributed by atoms with Gasteiger partial charge in [-0.2, -0.15) is 0 Å². The van der Waals surface area contributed by atoms with Crippen molar-refractivity contribution in [2.75, 3.05) is 5.73 Å². The van der Waals surface area contributed by atoms with Crippen LogP contribution in [0.3, 0.4) is 0 Å². The molecule has 1 unspecified atom stereocenters. The standard InChI is InChI=1S/C16H25NO2/c1-4-5-6-7-8-13(3)19-16(18)14-9-10-15(17)12(2)11-14/h9-11,13H,4-8,17H2,1-3H3. The molecule has 0 amide bonds. The molecule has 0 bridgehead atoms. The maximum absolute atomic E-state index is 11.9. The molecule has 0 radical (unpaired) electrons. The molecule has 3 nitrogen and oxygen atoms in total. The minimum Gasteiger partial charge on any atom is -0.459 e. The van der Waals surface area contributed by atoms with Gasteiger partial charge in [0, 0.05) is 5.69 Å². The Morgan fingerprint density at radius 2 is 2.05 bits per heavy atom. The predicted molar refractivity (Wildman–Crippen MR) is 79.2 cm³/mol. The largest absolute Gasteiger partial charge is 0.459 e. The van der Waals surface area contributed by atoms with E-state index < -0.39 is 0 Å². The summed E-state index contributed by atoms with van der Waals surface area (Å²) in [5.41, 5.74) is 7.91. The maximum atomic E-state index is 11.9. The summed E-state index contributed by atoms with van der Waals surface area (Å²) in [5.74, 6) is -0.258. The molecular formula is C16H25NO2. The Kier molecular flexibility index (Phi) is 6.40. The van der Waals surface area contributed by atoms with Crippen LogP contribution in [-0.2, 0) is 4.74 Å². The second kappa shape index (κ2) is 7.82. The number of rotatable bonds is 7. The van der Waals surface area contributed by atoms with Crippen LogP contribution in [0.1, 0.15) is 61.9 Å². The van der Waals surface area contributed by atoms with Gasteiger partial charge in [-0.15, -0.1) is 0 Å². The van der Waals surface area contributed by atoms with Crippen LogP contribution in [0.25, 0.3) is 0 Å². The minimum atomic E-state index is -0.258. The Hall–Kier alpha value is -1.51. The lowest BCUT2D eigenvalue weighted by Gasteiger charge is -2.13. The van der Waals surface area contributed by atoms with Crippen LogP contribution < -0.4 is 5.73 Å². The van der Waals surface area contributed by atoms with Crippen molar-refractivity contribution in [2.45, 2.75) is 59.0 Å². The lowest BCUT2D eigenvalue weighted by Crippen LogP contribution is -2.15. The van der Waals surface area contributed by atoms with E-state index in [9.17, 15) is 4.79 Å². The molecular weight excluding hydrogens is 238 g/mol. The quantitative estimate of drug-likeness (QED) is 0.458. The second-order valence-electron chi connectivity index (χ2n) is 5.14. The fourth-order valence-electron chi connectivity index (χ4n) is 1.97. The Bertz CT molecular complexity index is 415. The van der Waals surface area contributed by atoms with Crippen molar-refractivity contribution in [1.82, 2.24) is 0 Å². The summed E-state index contributed by atoms with van der Waals surface area (Å²) < 4.78 is 5.43. The fraction of sp³-hybridized carbons (Fsp3) is 0.562. The smallest absolute Gasteiger partial charge is 0.338 e. The van der Waals surface area contributed by atoms with Gasteiger partial charge >= 0.3 is 5.97 Å². The van der Waals surface area contributed by atoms with Crippen molar-refractivity contribution >= 4 is 11.7 Å². The minimum absolute atomic E-state index is 0.0257.